The first-order valence-electron chi connectivity index (χ1n) is 5.03. The van der Waals surface area contributed by atoms with Crippen molar-refractivity contribution in [2.45, 2.75) is 26.9 Å². The van der Waals surface area contributed by atoms with Crippen molar-refractivity contribution < 1.29 is 5.11 Å². The van der Waals surface area contributed by atoms with E-state index in [1.807, 2.05) is 11.4 Å². The summed E-state index contributed by atoms with van der Waals surface area (Å²) < 4.78 is 0. The third-order valence-corrected chi connectivity index (χ3v) is 2.91. The van der Waals surface area contributed by atoms with Crippen LogP contribution in [0, 0.1) is 12.8 Å². The van der Waals surface area contributed by atoms with Gasteiger partial charge in [0.2, 0.25) is 0 Å². The molecule has 1 unspecified atom stereocenters. The van der Waals surface area contributed by atoms with E-state index in [1.54, 1.807) is 11.3 Å². The Kier molecular flexibility index (Phi) is 4.58. The van der Waals surface area contributed by atoms with Crippen molar-refractivity contribution in [3.05, 3.63) is 21.9 Å². The molecule has 0 radical (unpaired) electrons. The van der Waals surface area contributed by atoms with Gasteiger partial charge in [0.15, 0.2) is 0 Å². The van der Waals surface area contributed by atoms with Gasteiger partial charge in [0.1, 0.15) is 0 Å². The molecule has 2 nitrogen and oxygen atoms in total. The molecule has 0 aliphatic carbocycles. The highest BCUT2D eigenvalue weighted by atomic mass is 32.1. The molecule has 0 saturated carbocycles. The zero-order valence-electron chi connectivity index (χ0n) is 9.08. The second-order valence-electron chi connectivity index (χ2n) is 4.06. The quantitative estimate of drug-likeness (QED) is 0.787. The molecule has 1 aromatic rings. The van der Waals surface area contributed by atoms with Crippen molar-refractivity contribution in [2.24, 2.45) is 5.92 Å². The minimum atomic E-state index is -0.362. The number of hydrogen-bond donors (Lipinski definition) is 2. The zero-order valence-corrected chi connectivity index (χ0v) is 9.90. The fourth-order valence-electron chi connectivity index (χ4n) is 1.27. The van der Waals surface area contributed by atoms with Crippen LogP contribution in [0.2, 0.25) is 0 Å². The lowest BCUT2D eigenvalue weighted by Crippen LogP contribution is -2.25. The average molecular weight is 213 g/mol. The van der Waals surface area contributed by atoms with Gasteiger partial charge >= 0.3 is 0 Å². The maximum absolute atomic E-state index is 9.79. The molecule has 0 bridgehead atoms. The van der Waals surface area contributed by atoms with Crippen LogP contribution >= 0.6 is 11.3 Å². The Balaban J connectivity index is 2.32. The summed E-state index contributed by atoms with van der Waals surface area (Å²) in [6.45, 7) is 7.99. The van der Waals surface area contributed by atoms with Gasteiger partial charge in [-0.1, -0.05) is 13.8 Å². The van der Waals surface area contributed by atoms with Gasteiger partial charge in [0, 0.05) is 11.4 Å². The molecular weight excluding hydrogens is 194 g/mol. The van der Waals surface area contributed by atoms with Crippen LogP contribution in [0.3, 0.4) is 0 Å². The third-order valence-electron chi connectivity index (χ3n) is 2.03. The first-order chi connectivity index (χ1) is 6.59. The number of hydrogen-bond acceptors (Lipinski definition) is 3. The normalized spacial score (nSPS) is 13.5. The molecule has 14 heavy (non-hydrogen) atoms. The Morgan fingerprint density at radius 2 is 2.14 bits per heavy atom. The van der Waals surface area contributed by atoms with Crippen LogP contribution in [0.5, 0.6) is 0 Å². The molecule has 0 amide bonds. The van der Waals surface area contributed by atoms with Gasteiger partial charge in [-0.2, -0.15) is 0 Å². The van der Waals surface area contributed by atoms with Crippen molar-refractivity contribution in [3.63, 3.8) is 0 Å². The molecule has 1 aromatic heterocycles. The Bertz CT molecular complexity index is 270. The summed E-state index contributed by atoms with van der Waals surface area (Å²) in [5, 5.41) is 15.1. The van der Waals surface area contributed by atoms with E-state index in [0.717, 1.165) is 12.1 Å². The van der Waals surface area contributed by atoms with E-state index >= 15 is 0 Å². The first kappa shape index (κ1) is 11.7. The number of nitrogens with one attached hydrogen (secondary N) is 1. The van der Waals surface area contributed by atoms with Gasteiger partial charge < -0.3 is 10.4 Å². The van der Waals surface area contributed by atoms with E-state index in [4.69, 9.17) is 0 Å². The van der Waals surface area contributed by atoms with E-state index in [0.29, 0.717) is 12.5 Å². The van der Waals surface area contributed by atoms with E-state index in [1.165, 1.54) is 4.88 Å². The fraction of sp³-hybridized carbons (Fsp3) is 0.636. The first-order valence-corrected chi connectivity index (χ1v) is 5.91. The van der Waals surface area contributed by atoms with Crippen LogP contribution in [0.4, 0.5) is 0 Å². The van der Waals surface area contributed by atoms with Crippen molar-refractivity contribution >= 4 is 11.3 Å². The predicted octanol–water partition coefficient (Wildman–Crippen LogP) is 2.34. The van der Waals surface area contributed by atoms with Crippen molar-refractivity contribution in [1.29, 1.82) is 0 Å². The molecule has 0 fully saturated rings. The third kappa shape index (κ3) is 3.78. The maximum Gasteiger partial charge on any atom is 0.0922 e. The van der Waals surface area contributed by atoms with E-state index in [9.17, 15) is 5.11 Å². The zero-order chi connectivity index (χ0) is 10.6. The second kappa shape index (κ2) is 5.49. The number of thiophene rings is 1. The van der Waals surface area contributed by atoms with Crippen molar-refractivity contribution in [2.75, 3.05) is 13.1 Å². The van der Waals surface area contributed by atoms with Gasteiger partial charge in [-0.25, -0.2) is 0 Å². The minimum Gasteiger partial charge on any atom is -0.387 e. The predicted molar refractivity (Wildman–Crippen MR) is 61.7 cm³/mol. The molecule has 0 aliphatic rings. The summed E-state index contributed by atoms with van der Waals surface area (Å²) in [7, 11) is 0. The molecule has 0 saturated heterocycles. The van der Waals surface area contributed by atoms with Crippen LogP contribution in [0.15, 0.2) is 11.4 Å². The van der Waals surface area contributed by atoms with Gasteiger partial charge in [0.05, 0.1) is 6.10 Å². The van der Waals surface area contributed by atoms with Gasteiger partial charge in [0.25, 0.3) is 0 Å². The standard InChI is InChI=1S/C11H19NOS/c1-8(2)5-12-6-11(13)10-4-9(3)14-7-10/h4,7-8,11-13H,5-6H2,1-3H3. The second-order valence-corrected chi connectivity index (χ2v) is 5.17. The van der Waals surface area contributed by atoms with Crippen LogP contribution in [-0.4, -0.2) is 18.2 Å². The van der Waals surface area contributed by atoms with Crippen molar-refractivity contribution in [3.8, 4) is 0 Å². The highest BCUT2D eigenvalue weighted by Gasteiger charge is 2.08. The largest absolute Gasteiger partial charge is 0.387 e. The summed E-state index contributed by atoms with van der Waals surface area (Å²) in [6, 6.07) is 2.05. The number of aliphatic hydroxyl groups excluding tert-OH is 1. The van der Waals surface area contributed by atoms with Gasteiger partial charge in [-0.05, 0) is 36.4 Å². The minimum absolute atomic E-state index is 0.362. The summed E-state index contributed by atoms with van der Waals surface area (Å²) in [5.74, 6) is 0.631. The Labute approximate surface area is 90.0 Å². The fourth-order valence-corrected chi connectivity index (χ4v) is 2.02. The lowest BCUT2D eigenvalue weighted by Gasteiger charge is -2.11. The number of aliphatic hydroxyl groups is 1. The topological polar surface area (TPSA) is 32.3 Å². The molecule has 0 spiro atoms. The Morgan fingerprint density at radius 1 is 1.43 bits per heavy atom. The Hall–Kier alpha value is -0.380. The molecule has 80 valence electrons. The van der Waals surface area contributed by atoms with Crippen LogP contribution < -0.4 is 5.32 Å². The monoisotopic (exact) mass is 213 g/mol. The highest BCUT2D eigenvalue weighted by molar-refractivity contribution is 7.10. The van der Waals surface area contributed by atoms with Crippen molar-refractivity contribution in [1.82, 2.24) is 5.32 Å². The molecule has 3 heteroatoms. The lowest BCUT2D eigenvalue weighted by molar-refractivity contribution is 0.174. The molecular formula is C11H19NOS. The van der Waals surface area contributed by atoms with Gasteiger partial charge in [-0.3, -0.25) is 0 Å². The SMILES string of the molecule is Cc1cc(C(O)CNCC(C)C)cs1. The van der Waals surface area contributed by atoms with Crippen LogP contribution in [0.25, 0.3) is 0 Å². The summed E-state index contributed by atoms with van der Waals surface area (Å²) in [6.07, 6.45) is -0.362. The van der Waals surface area contributed by atoms with Crippen LogP contribution in [0.1, 0.15) is 30.4 Å². The molecule has 1 atom stereocenters. The molecule has 0 aromatic carbocycles. The lowest BCUT2D eigenvalue weighted by atomic mass is 10.1. The molecule has 1 heterocycles. The van der Waals surface area contributed by atoms with E-state index in [2.05, 4.69) is 26.1 Å². The summed E-state index contributed by atoms with van der Waals surface area (Å²) in [5.41, 5.74) is 1.03. The smallest absolute Gasteiger partial charge is 0.0922 e. The molecule has 1 rings (SSSR count). The average Bonchev–Trinajstić information content (AvgIpc) is 2.51. The van der Waals surface area contributed by atoms with E-state index < -0.39 is 0 Å². The summed E-state index contributed by atoms with van der Waals surface area (Å²) in [4.78, 5) is 1.25. The van der Waals surface area contributed by atoms with E-state index in [-0.39, 0.29) is 6.10 Å². The molecule has 0 aliphatic heterocycles. The highest BCUT2D eigenvalue weighted by Crippen LogP contribution is 2.19. The van der Waals surface area contributed by atoms with Crippen LogP contribution in [-0.2, 0) is 0 Å². The summed E-state index contributed by atoms with van der Waals surface area (Å²) >= 11 is 1.68. The molecule has 2 N–H and O–H groups in total. The van der Waals surface area contributed by atoms with Gasteiger partial charge in [-0.15, -0.1) is 11.3 Å². The number of rotatable bonds is 5. The number of aryl methyl sites for hydroxylation is 1. The Morgan fingerprint density at radius 3 is 2.64 bits per heavy atom. The maximum atomic E-state index is 9.79.